The Labute approximate surface area is 161 Å². The number of carbonyl (C=O) groups is 1. The number of aliphatic hydroxyl groups excluding tert-OH is 1. The number of fused-ring (bicyclic) bond motifs is 2. The average Bonchev–Trinajstić information content (AvgIpc) is 2.91. The molecule has 2 aliphatic rings. The summed E-state index contributed by atoms with van der Waals surface area (Å²) in [6.45, 7) is 3.34. The van der Waals surface area contributed by atoms with Crippen LogP contribution in [0.15, 0.2) is 48.5 Å². The van der Waals surface area contributed by atoms with Gasteiger partial charge in [-0.2, -0.15) is 0 Å². The summed E-state index contributed by atoms with van der Waals surface area (Å²) >= 11 is 0. The third kappa shape index (κ3) is 2.79. The number of carbonyl (C=O) groups excluding carboxylic acids is 1. The largest absolute Gasteiger partial charge is 0.390 e. The lowest BCUT2D eigenvalue weighted by molar-refractivity contribution is -0.00146. The smallest absolute Gasteiger partial charge is 0.254 e. The molecule has 4 heteroatoms. The van der Waals surface area contributed by atoms with Crippen molar-refractivity contribution in [1.29, 1.82) is 0 Å². The van der Waals surface area contributed by atoms with Crippen molar-refractivity contribution >= 4 is 5.91 Å². The lowest BCUT2D eigenvalue weighted by Gasteiger charge is -2.43. The first-order valence-electron chi connectivity index (χ1n) is 9.74. The molecule has 1 saturated heterocycles. The van der Waals surface area contributed by atoms with Crippen LogP contribution in [0, 0.1) is 6.92 Å². The lowest BCUT2D eigenvalue weighted by Crippen LogP contribution is -2.50. The molecule has 1 fully saturated rings. The Morgan fingerprint density at radius 3 is 2.37 bits per heavy atom. The fraction of sp³-hybridized carbons (Fsp3) is 0.435. The summed E-state index contributed by atoms with van der Waals surface area (Å²) in [6.07, 6.45) is 1.15. The van der Waals surface area contributed by atoms with Crippen LogP contribution in [0.25, 0.3) is 0 Å². The Bertz CT molecular complexity index is 853. The van der Waals surface area contributed by atoms with Crippen LogP contribution in [0.4, 0.5) is 0 Å². The third-order valence-corrected chi connectivity index (χ3v) is 6.56. The number of piperidine rings is 1. The number of likely N-dealkylation sites (tertiary alicyclic amines) is 1. The van der Waals surface area contributed by atoms with E-state index in [-0.39, 0.29) is 17.4 Å². The van der Waals surface area contributed by atoms with E-state index in [1.54, 1.807) is 0 Å². The predicted molar refractivity (Wildman–Crippen MR) is 107 cm³/mol. The molecule has 2 atom stereocenters. The molecule has 1 heterocycles. The SMILES string of the molecule is Cc1ccccc1C(=O)N1CCC2(CC1)c1ccccc1[C@H](N(C)C)[C@H]2O. The van der Waals surface area contributed by atoms with Crippen molar-refractivity contribution < 1.29 is 9.90 Å². The number of amides is 1. The highest BCUT2D eigenvalue weighted by atomic mass is 16.3. The van der Waals surface area contributed by atoms with Gasteiger partial charge in [0.1, 0.15) is 0 Å². The van der Waals surface area contributed by atoms with Gasteiger partial charge in [-0.05, 0) is 56.6 Å². The summed E-state index contributed by atoms with van der Waals surface area (Å²) in [5, 5.41) is 11.3. The van der Waals surface area contributed by atoms with E-state index in [1.807, 2.05) is 50.2 Å². The summed E-state index contributed by atoms with van der Waals surface area (Å²) in [5.74, 6) is 0.105. The van der Waals surface area contributed by atoms with Crippen molar-refractivity contribution in [3.63, 3.8) is 0 Å². The van der Waals surface area contributed by atoms with E-state index in [2.05, 4.69) is 29.2 Å². The van der Waals surface area contributed by atoms with Crippen LogP contribution >= 0.6 is 0 Å². The first-order valence-corrected chi connectivity index (χ1v) is 9.74. The second-order valence-corrected chi connectivity index (χ2v) is 8.20. The van der Waals surface area contributed by atoms with Gasteiger partial charge in [0.05, 0.1) is 12.1 Å². The molecule has 0 radical (unpaired) electrons. The average molecular weight is 364 g/mol. The Balaban J connectivity index is 1.60. The highest BCUT2D eigenvalue weighted by molar-refractivity contribution is 5.95. The van der Waals surface area contributed by atoms with Crippen LogP contribution in [-0.2, 0) is 5.41 Å². The molecule has 0 aromatic heterocycles. The van der Waals surface area contributed by atoms with E-state index >= 15 is 0 Å². The van der Waals surface area contributed by atoms with Gasteiger partial charge in [0, 0.05) is 24.1 Å². The first kappa shape index (κ1) is 18.2. The lowest BCUT2D eigenvalue weighted by atomic mass is 9.72. The van der Waals surface area contributed by atoms with Crippen LogP contribution in [0.2, 0.25) is 0 Å². The highest BCUT2D eigenvalue weighted by Crippen LogP contribution is 2.52. The van der Waals surface area contributed by atoms with Crippen molar-refractivity contribution in [2.45, 2.75) is 37.3 Å². The summed E-state index contributed by atoms with van der Waals surface area (Å²) in [5.41, 5.74) is 4.04. The van der Waals surface area contributed by atoms with Gasteiger partial charge in [-0.1, -0.05) is 42.5 Å². The maximum absolute atomic E-state index is 13.0. The molecule has 2 aromatic carbocycles. The molecule has 142 valence electrons. The standard InChI is InChI=1S/C23H28N2O2/c1-16-8-4-5-9-17(16)22(27)25-14-12-23(13-15-25)19-11-7-6-10-18(19)20(21(23)26)24(2)3/h4-11,20-21,26H,12-15H2,1-3H3/t20-,21+/m0/s1. The minimum atomic E-state index is -0.444. The minimum Gasteiger partial charge on any atom is -0.390 e. The van der Waals surface area contributed by atoms with Gasteiger partial charge in [-0.15, -0.1) is 0 Å². The molecule has 4 rings (SSSR count). The maximum atomic E-state index is 13.0. The van der Waals surface area contributed by atoms with E-state index in [1.165, 1.54) is 11.1 Å². The van der Waals surface area contributed by atoms with E-state index in [0.29, 0.717) is 13.1 Å². The van der Waals surface area contributed by atoms with E-state index < -0.39 is 6.10 Å². The molecule has 1 spiro atoms. The number of aliphatic hydroxyl groups is 1. The van der Waals surface area contributed by atoms with Crippen molar-refractivity contribution in [2.75, 3.05) is 27.2 Å². The monoisotopic (exact) mass is 364 g/mol. The topological polar surface area (TPSA) is 43.8 Å². The normalized spacial score (nSPS) is 23.7. The number of rotatable bonds is 2. The highest BCUT2D eigenvalue weighted by Gasteiger charge is 2.53. The number of hydrogen-bond acceptors (Lipinski definition) is 3. The van der Waals surface area contributed by atoms with Gasteiger partial charge in [-0.25, -0.2) is 0 Å². The number of likely N-dealkylation sites (N-methyl/N-ethyl adjacent to an activating group) is 1. The molecule has 1 amide bonds. The zero-order valence-corrected chi connectivity index (χ0v) is 16.4. The molecule has 0 bridgehead atoms. The number of nitrogens with zero attached hydrogens (tertiary/aromatic N) is 2. The fourth-order valence-corrected chi connectivity index (χ4v) is 5.06. The summed E-state index contributed by atoms with van der Waals surface area (Å²) in [4.78, 5) is 17.0. The van der Waals surface area contributed by atoms with Crippen LogP contribution < -0.4 is 0 Å². The molecule has 4 nitrogen and oxygen atoms in total. The molecule has 2 aromatic rings. The Morgan fingerprint density at radius 1 is 1.07 bits per heavy atom. The van der Waals surface area contributed by atoms with Crippen molar-refractivity contribution in [2.24, 2.45) is 0 Å². The van der Waals surface area contributed by atoms with Crippen LogP contribution in [0.5, 0.6) is 0 Å². The summed E-state index contributed by atoms with van der Waals surface area (Å²) < 4.78 is 0. The number of aryl methyl sites for hydroxylation is 1. The van der Waals surface area contributed by atoms with Gasteiger partial charge in [0.2, 0.25) is 0 Å². The van der Waals surface area contributed by atoms with Gasteiger partial charge >= 0.3 is 0 Å². The Hall–Kier alpha value is -2.17. The molecular formula is C23H28N2O2. The van der Waals surface area contributed by atoms with Crippen molar-refractivity contribution in [3.8, 4) is 0 Å². The zero-order valence-electron chi connectivity index (χ0n) is 16.4. The van der Waals surface area contributed by atoms with Gasteiger partial charge in [0.25, 0.3) is 5.91 Å². The second kappa shape index (κ2) is 6.77. The minimum absolute atomic E-state index is 0.0137. The molecule has 1 aliphatic carbocycles. The summed E-state index contributed by atoms with van der Waals surface area (Å²) in [7, 11) is 4.06. The maximum Gasteiger partial charge on any atom is 0.254 e. The fourth-order valence-electron chi connectivity index (χ4n) is 5.06. The molecule has 1 N–H and O–H groups in total. The van der Waals surface area contributed by atoms with Gasteiger partial charge in [-0.3, -0.25) is 4.79 Å². The first-order chi connectivity index (χ1) is 13.0. The third-order valence-electron chi connectivity index (χ3n) is 6.56. The number of hydrogen-bond donors (Lipinski definition) is 1. The van der Waals surface area contributed by atoms with E-state index in [4.69, 9.17) is 0 Å². The van der Waals surface area contributed by atoms with E-state index in [9.17, 15) is 9.90 Å². The van der Waals surface area contributed by atoms with Gasteiger partial charge in [0.15, 0.2) is 0 Å². The van der Waals surface area contributed by atoms with Crippen LogP contribution in [-0.4, -0.2) is 54.1 Å². The molecular weight excluding hydrogens is 336 g/mol. The number of benzene rings is 2. The Morgan fingerprint density at radius 2 is 1.70 bits per heavy atom. The summed E-state index contributed by atoms with van der Waals surface area (Å²) in [6, 6.07) is 16.2. The quantitative estimate of drug-likeness (QED) is 0.890. The molecule has 0 saturated carbocycles. The molecule has 27 heavy (non-hydrogen) atoms. The molecule has 0 unspecified atom stereocenters. The predicted octanol–water partition coefficient (Wildman–Crippen LogP) is 3.15. The van der Waals surface area contributed by atoms with Crippen molar-refractivity contribution in [1.82, 2.24) is 9.80 Å². The Kier molecular flexibility index (Phi) is 4.57. The van der Waals surface area contributed by atoms with Gasteiger partial charge < -0.3 is 14.9 Å². The van der Waals surface area contributed by atoms with Crippen LogP contribution in [0.3, 0.4) is 0 Å². The van der Waals surface area contributed by atoms with Crippen LogP contribution in [0.1, 0.15) is 45.9 Å². The second-order valence-electron chi connectivity index (χ2n) is 8.20. The van der Waals surface area contributed by atoms with E-state index in [0.717, 1.165) is 24.0 Å². The molecule has 1 aliphatic heterocycles. The van der Waals surface area contributed by atoms with Crippen molar-refractivity contribution in [3.05, 3.63) is 70.8 Å². The zero-order chi connectivity index (χ0) is 19.2.